The molecule has 1 unspecified atom stereocenters. The summed E-state index contributed by atoms with van der Waals surface area (Å²) in [5.74, 6) is 0.131. The van der Waals surface area contributed by atoms with Crippen molar-refractivity contribution in [3.8, 4) is 0 Å². The third kappa shape index (κ3) is 5.64. The second-order valence-electron chi connectivity index (χ2n) is 6.95. The first kappa shape index (κ1) is 20.6. The Morgan fingerprint density at radius 1 is 0.962 bits per heavy atom. The van der Waals surface area contributed by atoms with Crippen molar-refractivity contribution >= 4 is 10.0 Å². The molecule has 2 aromatic rings. The molecule has 0 bridgehead atoms. The average Bonchev–Trinajstić information content (AvgIpc) is 2.62. The van der Waals surface area contributed by atoms with Crippen LogP contribution in [0.3, 0.4) is 0 Å². The highest BCUT2D eigenvalue weighted by Crippen LogP contribution is 2.18. The molecule has 26 heavy (non-hydrogen) atoms. The van der Waals surface area contributed by atoms with E-state index in [0.717, 1.165) is 5.56 Å². The highest BCUT2D eigenvalue weighted by molar-refractivity contribution is 7.89. The van der Waals surface area contributed by atoms with Crippen molar-refractivity contribution in [3.05, 3.63) is 66.2 Å². The second kappa shape index (κ2) is 9.28. The maximum atomic E-state index is 13.0. The zero-order valence-electron chi connectivity index (χ0n) is 15.3. The molecule has 6 heteroatoms. The first-order valence-corrected chi connectivity index (χ1v) is 10.3. The minimum absolute atomic E-state index is 0.0244. The van der Waals surface area contributed by atoms with Crippen molar-refractivity contribution in [3.63, 3.8) is 0 Å². The summed E-state index contributed by atoms with van der Waals surface area (Å²) in [5.41, 5.74) is 7.15. The van der Waals surface area contributed by atoms with Gasteiger partial charge in [0, 0.05) is 19.1 Å². The summed E-state index contributed by atoms with van der Waals surface area (Å²) >= 11 is 0. The zero-order valence-corrected chi connectivity index (χ0v) is 16.1. The SMILES string of the molecule is CC(C)CN(CC(O)[C@@H](N)Cc1ccccc1)S(=O)(=O)c1ccccc1. The molecule has 2 atom stereocenters. The minimum atomic E-state index is -3.68. The first-order valence-electron chi connectivity index (χ1n) is 8.83. The number of hydrogen-bond donors (Lipinski definition) is 2. The lowest BCUT2D eigenvalue weighted by Gasteiger charge is -2.28. The smallest absolute Gasteiger partial charge is 0.243 e. The minimum Gasteiger partial charge on any atom is -0.390 e. The fraction of sp³-hybridized carbons (Fsp3) is 0.400. The van der Waals surface area contributed by atoms with E-state index in [2.05, 4.69) is 0 Å². The Balaban J connectivity index is 2.14. The van der Waals surface area contributed by atoms with Gasteiger partial charge in [0.05, 0.1) is 11.0 Å². The number of aliphatic hydroxyl groups is 1. The molecule has 0 aliphatic rings. The van der Waals surface area contributed by atoms with Gasteiger partial charge in [-0.2, -0.15) is 4.31 Å². The first-order chi connectivity index (χ1) is 12.3. The second-order valence-corrected chi connectivity index (χ2v) is 8.89. The Morgan fingerprint density at radius 2 is 1.50 bits per heavy atom. The van der Waals surface area contributed by atoms with Gasteiger partial charge in [-0.05, 0) is 30.0 Å². The molecule has 0 fully saturated rings. The largest absolute Gasteiger partial charge is 0.390 e. The molecular weight excluding hydrogens is 348 g/mol. The van der Waals surface area contributed by atoms with E-state index in [0.29, 0.717) is 13.0 Å². The summed E-state index contributed by atoms with van der Waals surface area (Å²) in [6, 6.07) is 17.4. The molecular formula is C20H28N2O3S. The fourth-order valence-electron chi connectivity index (χ4n) is 2.79. The molecule has 3 N–H and O–H groups in total. The van der Waals surface area contributed by atoms with Gasteiger partial charge < -0.3 is 10.8 Å². The molecule has 0 amide bonds. The summed E-state index contributed by atoms with van der Waals surface area (Å²) in [4.78, 5) is 0.226. The van der Waals surface area contributed by atoms with E-state index >= 15 is 0 Å². The molecule has 0 aromatic heterocycles. The van der Waals surface area contributed by atoms with Crippen molar-refractivity contribution in [1.82, 2.24) is 4.31 Å². The van der Waals surface area contributed by atoms with E-state index in [1.807, 2.05) is 44.2 Å². The molecule has 2 aromatic carbocycles. The Hall–Kier alpha value is -1.73. The standard InChI is InChI=1S/C20H28N2O3S/c1-16(2)14-22(26(24,25)18-11-7-4-8-12-18)15-20(23)19(21)13-17-9-5-3-6-10-17/h3-12,16,19-20,23H,13-15,21H2,1-2H3/t19-,20?/m0/s1. The molecule has 2 rings (SSSR count). The van der Waals surface area contributed by atoms with Crippen molar-refractivity contribution < 1.29 is 13.5 Å². The Morgan fingerprint density at radius 3 is 2.04 bits per heavy atom. The lowest BCUT2D eigenvalue weighted by atomic mass is 10.0. The zero-order chi connectivity index (χ0) is 19.2. The van der Waals surface area contributed by atoms with Crippen molar-refractivity contribution in [2.45, 2.75) is 37.3 Å². The summed E-state index contributed by atoms with van der Waals surface area (Å²) in [5, 5.41) is 10.5. The predicted octanol–water partition coefficient (Wildman–Crippen LogP) is 2.26. The van der Waals surface area contributed by atoms with Crippen LogP contribution in [0.25, 0.3) is 0 Å². The summed E-state index contributed by atoms with van der Waals surface area (Å²) in [6.07, 6.45) is -0.462. The van der Waals surface area contributed by atoms with Gasteiger partial charge >= 0.3 is 0 Å². The van der Waals surface area contributed by atoms with Gasteiger partial charge in [0.1, 0.15) is 0 Å². The van der Waals surface area contributed by atoms with Crippen LogP contribution in [0.1, 0.15) is 19.4 Å². The number of nitrogens with two attached hydrogens (primary N) is 1. The molecule has 0 aliphatic carbocycles. The van der Waals surface area contributed by atoms with Crippen molar-refractivity contribution in [1.29, 1.82) is 0 Å². The molecule has 0 radical (unpaired) electrons. The number of benzene rings is 2. The van der Waals surface area contributed by atoms with Crippen molar-refractivity contribution in [2.75, 3.05) is 13.1 Å². The van der Waals surface area contributed by atoms with Gasteiger partial charge in [0.2, 0.25) is 10.0 Å². The van der Waals surface area contributed by atoms with E-state index in [-0.39, 0.29) is 17.4 Å². The summed E-state index contributed by atoms with van der Waals surface area (Å²) in [6.45, 7) is 4.20. The van der Waals surface area contributed by atoms with Crippen LogP contribution in [0, 0.1) is 5.92 Å². The molecule has 142 valence electrons. The molecule has 0 saturated heterocycles. The molecule has 0 heterocycles. The van der Waals surface area contributed by atoms with Crippen LogP contribution >= 0.6 is 0 Å². The van der Waals surface area contributed by atoms with Gasteiger partial charge in [0.15, 0.2) is 0 Å². The number of hydrogen-bond acceptors (Lipinski definition) is 4. The molecule has 0 saturated carbocycles. The molecule has 0 spiro atoms. The molecule has 0 aliphatic heterocycles. The molecule has 5 nitrogen and oxygen atoms in total. The van der Waals surface area contributed by atoms with Crippen LogP contribution in [0.15, 0.2) is 65.6 Å². The average molecular weight is 377 g/mol. The maximum absolute atomic E-state index is 13.0. The lowest BCUT2D eigenvalue weighted by molar-refractivity contribution is 0.116. The number of aliphatic hydroxyl groups excluding tert-OH is 1. The number of rotatable bonds is 9. The Kier molecular flexibility index (Phi) is 7.34. The quantitative estimate of drug-likeness (QED) is 0.703. The van der Waals surface area contributed by atoms with Crippen LogP contribution in [0.5, 0.6) is 0 Å². The predicted molar refractivity (Wildman–Crippen MR) is 104 cm³/mol. The fourth-order valence-corrected chi connectivity index (χ4v) is 4.43. The maximum Gasteiger partial charge on any atom is 0.243 e. The Labute approximate surface area is 156 Å². The van der Waals surface area contributed by atoms with E-state index in [1.165, 1.54) is 4.31 Å². The van der Waals surface area contributed by atoms with Gasteiger partial charge in [0.25, 0.3) is 0 Å². The highest BCUT2D eigenvalue weighted by atomic mass is 32.2. The van der Waals surface area contributed by atoms with Gasteiger partial charge in [-0.3, -0.25) is 0 Å². The van der Waals surface area contributed by atoms with Crippen LogP contribution < -0.4 is 5.73 Å². The summed E-state index contributed by atoms with van der Waals surface area (Å²) < 4.78 is 27.3. The lowest BCUT2D eigenvalue weighted by Crippen LogP contribution is -2.47. The third-order valence-electron chi connectivity index (χ3n) is 4.15. The van der Waals surface area contributed by atoms with Gasteiger partial charge in [-0.1, -0.05) is 62.4 Å². The monoisotopic (exact) mass is 376 g/mol. The number of nitrogens with zero attached hydrogens (tertiary/aromatic N) is 1. The third-order valence-corrected chi connectivity index (χ3v) is 5.99. The Bertz CT molecular complexity index is 764. The van der Waals surface area contributed by atoms with Crippen LogP contribution in [0.4, 0.5) is 0 Å². The van der Waals surface area contributed by atoms with Crippen LogP contribution in [0.2, 0.25) is 0 Å². The van der Waals surface area contributed by atoms with Gasteiger partial charge in [-0.25, -0.2) is 8.42 Å². The number of sulfonamides is 1. The highest BCUT2D eigenvalue weighted by Gasteiger charge is 2.29. The normalized spacial score (nSPS) is 14.5. The van der Waals surface area contributed by atoms with E-state index in [9.17, 15) is 13.5 Å². The van der Waals surface area contributed by atoms with E-state index < -0.39 is 22.2 Å². The van der Waals surface area contributed by atoms with E-state index in [4.69, 9.17) is 5.73 Å². The van der Waals surface area contributed by atoms with Crippen molar-refractivity contribution in [2.24, 2.45) is 11.7 Å². The summed E-state index contributed by atoms with van der Waals surface area (Å²) in [7, 11) is -3.68. The van der Waals surface area contributed by atoms with Crippen LogP contribution in [-0.4, -0.2) is 43.1 Å². The van der Waals surface area contributed by atoms with E-state index in [1.54, 1.807) is 30.3 Å². The van der Waals surface area contributed by atoms with Gasteiger partial charge in [-0.15, -0.1) is 0 Å². The van der Waals surface area contributed by atoms with Crippen LogP contribution in [-0.2, 0) is 16.4 Å². The topological polar surface area (TPSA) is 83.6 Å².